The van der Waals surface area contributed by atoms with Gasteiger partial charge in [0.25, 0.3) is 0 Å². The second kappa shape index (κ2) is 8.00. The average molecular weight is 408 g/mol. The van der Waals surface area contributed by atoms with E-state index in [1.54, 1.807) is 0 Å². The van der Waals surface area contributed by atoms with Crippen molar-refractivity contribution < 1.29 is 9.53 Å². The third kappa shape index (κ3) is 4.75. The van der Waals surface area contributed by atoms with Gasteiger partial charge in [-0.15, -0.1) is 0 Å². The van der Waals surface area contributed by atoms with E-state index in [1.165, 1.54) is 0 Å². The van der Waals surface area contributed by atoms with E-state index in [4.69, 9.17) is 10.5 Å². The second-order valence-corrected chi connectivity index (χ2v) is 6.58. The molecule has 1 unspecified atom stereocenters. The molecule has 4 nitrogen and oxygen atoms in total. The fourth-order valence-corrected chi connectivity index (χ4v) is 3.36. The molecule has 1 atom stereocenters. The van der Waals surface area contributed by atoms with E-state index < -0.39 is 0 Å². The molecule has 0 spiro atoms. The van der Waals surface area contributed by atoms with Gasteiger partial charge in [-0.3, -0.25) is 4.79 Å². The molecule has 20 heavy (non-hydrogen) atoms. The average Bonchev–Trinajstić information content (AvgIpc) is 2.32. The van der Waals surface area contributed by atoms with Crippen LogP contribution in [0.5, 0.6) is 5.75 Å². The summed E-state index contributed by atoms with van der Waals surface area (Å²) in [6, 6.07) is 3.55. The van der Waals surface area contributed by atoms with Crippen molar-refractivity contribution in [1.29, 1.82) is 0 Å². The van der Waals surface area contributed by atoms with Gasteiger partial charge in [0, 0.05) is 16.6 Å². The zero-order valence-corrected chi connectivity index (χ0v) is 15.0. The Labute approximate surface area is 136 Å². The molecule has 0 aliphatic heterocycles. The summed E-state index contributed by atoms with van der Waals surface area (Å²) in [4.78, 5) is 11.4. The van der Waals surface area contributed by atoms with Crippen molar-refractivity contribution in [3.8, 4) is 5.75 Å². The fraction of sp³-hybridized carbons (Fsp3) is 0.500. The van der Waals surface area contributed by atoms with Crippen LogP contribution in [-0.2, 0) is 11.3 Å². The summed E-state index contributed by atoms with van der Waals surface area (Å²) in [5.74, 6) is 0.584. The molecular weight excluding hydrogens is 388 g/mol. The number of nitrogens with one attached hydrogen (secondary N) is 1. The molecule has 0 saturated heterocycles. The minimum atomic E-state index is -0.359. The Morgan fingerprint density at radius 1 is 1.40 bits per heavy atom. The van der Waals surface area contributed by atoms with Crippen molar-refractivity contribution >= 4 is 37.8 Å². The first kappa shape index (κ1) is 17.5. The van der Waals surface area contributed by atoms with Crippen molar-refractivity contribution in [1.82, 2.24) is 5.32 Å². The van der Waals surface area contributed by atoms with Gasteiger partial charge in [0.2, 0.25) is 5.91 Å². The minimum absolute atomic E-state index is 0.138. The van der Waals surface area contributed by atoms with Crippen molar-refractivity contribution in [2.24, 2.45) is 11.7 Å². The Morgan fingerprint density at radius 2 is 2.05 bits per heavy atom. The van der Waals surface area contributed by atoms with E-state index in [0.717, 1.165) is 20.3 Å². The zero-order chi connectivity index (χ0) is 15.3. The molecule has 0 fully saturated rings. The van der Waals surface area contributed by atoms with Crippen LogP contribution in [0.3, 0.4) is 0 Å². The van der Waals surface area contributed by atoms with Crippen LogP contribution in [0.4, 0.5) is 0 Å². The van der Waals surface area contributed by atoms with E-state index >= 15 is 0 Å². The van der Waals surface area contributed by atoms with Gasteiger partial charge in [0.05, 0.1) is 17.1 Å². The predicted octanol–water partition coefficient (Wildman–Crippen LogP) is 3.21. The first-order valence-corrected chi connectivity index (χ1v) is 8.08. The summed E-state index contributed by atoms with van der Waals surface area (Å²) in [6.07, 6.45) is 0. The van der Waals surface area contributed by atoms with Gasteiger partial charge >= 0.3 is 0 Å². The Balaban J connectivity index is 2.93. The Morgan fingerprint density at radius 3 is 2.55 bits per heavy atom. The number of hydrogen-bond donors (Lipinski definition) is 2. The highest BCUT2D eigenvalue weighted by Gasteiger charge is 2.20. The highest BCUT2D eigenvalue weighted by atomic mass is 79.9. The van der Waals surface area contributed by atoms with Crippen LogP contribution in [0.25, 0.3) is 0 Å². The van der Waals surface area contributed by atoms with E-state index in [0.29, 0.717) is 13.2 Å². The van der Waals surface area contributed by atoms with Gasteiger partial charge in [0.1, 0.15) is 5.75 Å². The lowest BCUT2D eigenvalue weighted by atomic mass is 10.0. The third-order valence-electron chi connectivity index (χ3n) is 2.86. The first-order chi connectivity index (χ1) is 9.36. The first-order valence-electron chi connectivity index (χ1n) is 6.50. The van der Waals surface area contributed by atoms with Gasteiger partial charge in [-0.25, -0.2) is 0 Å². The lowest BCUT2D eigenvalue weighted by Gasteiger charge is -2.20. The fourth-order valence-electron chi connectivity index (χ4n) is 1.94. The standard InChI is InChI=1S/C14H20Br2N2O2/c1-4-20-13-9(5-10(15)6-11(13)16)7-18-12(8(2)3)14(17)19/h5-6,8,12,18H,4,7H2,1-3H3,(H2,17,19). The van der Waals surface area contributed by atoms with E-state index in [-0.39, 0.29) is 17.9 Å². The lowest BCUT2D eigenvalue weighted by molar-refractivity contribution is -0.121. The maximum atomic E-state index is 11.4. The normalized spacial score (nSPS) is 12.5. The summed E-state index contributed by atoms with van der Waals surface area (Å²) in [5, 5.41) is 3.19. The number of amides is 1. The van der Waals surface area contributed by atoms with Gasteiger partial charge in [-0.1, -0.05) is 29.8 Å². The highest BCUT2D eigenvalue weighted by Crippen LogP contribution is 2.33. The summed E-state index contributed by atoms with van der Waals surface area (Å²) >= 11 is 6.95. The molecule has 6 heteroatoms. The number of primary amides is 1. The Kier molecular flexibility index (Phi) is 6.99. The van der Waals surface area contributed by atoms with E-state index in [9.17, 15) is 4.79 Å². The molecule has 0 radical (unpaired) electrons. The molecular formula is C14H20Br2N2O2. The molecule has 1 rings (SSSR count). The molecule has 0 aromatic heterocycles. The van der Waals surface area contributed by atoms with Crippen LogP contribution < -0.4 is 15.8 Å². The molecule has 0 saturated carbocycles. The maximum Gasteiger partial charge on any atom is 0.234 e. The SMILES string of the molecule is CCOc1c(Br)cc(Br)cc1CNC(C(N)=O)C(C)C. The molecule has 0 bridgehead atoms. The van der Waals surface area contributed by atoms with Crippen LogP contribution in [0, 0.1) is 5.92 Å². The molecule has 1 aromatic carbocycles. The van der Waals surface area contributed by atoms with Crippen LogP contribution in [0.1, 0.15) is 26.3 Å². The third-order valence-corrected chi connectivity index (χ3v) is 3.91. The quantitative estimate of drug-likeness (QED) is 0.729. The number of ether oxygens (including phenoxy) is 1. The van der Waals surface area contributed by atoms with Crippen molar-refractivity contribution in [2.45, 2.75) is 33.4 Å². The molecule has 1 aromatic rings. The van der Waals surface area contributed by atoms with Gasteiger partial charge in [-0.05, 0) is 40.9 Å². The molecule has 0 aliphatic rings. The van der Waals surface area contributed by atoms with Crippen LogP contribution in [-0.4, -0.2) is 18.6 Å². The summed E-state index contributed by atoms with van der Waals surface area (Å²) < 4.78 is 7.48. The predicted molar refractivity (Wildman–Crippen MR) is 87.7 cm³/mol. The van der Waals surface area contributed by atoms with E-state index in [2.05, 4.69) is 37.2 Å². The highest BCUT2D eigenvalue weighted by molar-refractivity contribution is 9.11. The van der Waals surface area contributed by atoms with Crippen molar-refractivity contribution in [2.75, 3.05) is 6.61 Å². The monoisotopic (exact) mass is 406 g/mol. The number of hydrogen-bond acceptors (Lipinski definition) is 3. The smallest absolute Gasteiger partial charge is 0.234 e. The molecule has 1 amide bonds. The Hall–Kier alpha value is -0.590. The van der Waals surface area contributed by atoms with Gasteiger partial charge in [0.15, 0.2) is 0 Å². The van der Waals surface area contributed by atoms with Crippen LogP contribution in [0.2, 0.25) is 0 Å². The molecule has 0 aliphatic carbocycles. The number of halogens is 2. The van der Waals surface area contributed by atoms with Crippen LogP contribution >= 0.6 is 31.9 Å². The van der Waals surface area contributed by atoms with Crippen molar-refractivity contribution in [3.05, 3.63) is 26.6 Å². The Bertz CT molecular complexity index is 478. The number of carbonyl (C=O) groups excluding carboxylic acids is 1. The summed E-state index contributed by atoms with van der Waals surface area (Å²) in [7, 11) is 0. The van der Waals surface area contributed by atoms with E-state index in [1.807, 2.05) is 32.9 Å². The van der Waals surface area contributed by atoms with Crippen LogP contribution in [0.15, 0.2) is 21.1 Å². The molecule has 3 N–H and O–H groups in total. The number of benzene rings is 1. The summed E-state index contributed by atoms with van der Waals surface area (Å²) in [6.45, 7) is 6.95. The number of nitrogens with two attached hydrogens (primary N) is 1. The number of carbonyl (C=O) groups is 1. The van der Waals surface area contributed by atoms with Gasteiger partial charge in [-0.2, -0.15) is 0 Å². The van der Waals surface area contributed by atoms with Crippen molar-refractivity contribution in [3.63, 3.8) is 0 Å². The summed E-state index contributed by atoms with van der Waals surface area (Å²) in [5.41, 5.74) is 6.38. The maximum absolute atomic E-state index is 11.4. The largest absolute Gasteiger partial charge is 0.492 e. The second-order valence-electron chi connectivity index (χ2n) is 4.81. The zero-order valence-electron chi connectivity index (χ0n) is 11.9. The molecule has 112 valence electrons. The molecule has 0 heterocycles. The van der Waals surface area contributed by atoms with Gasteiger partial charge < -0.3 is 15.8 Å². The lowest BCUT2D eigenvalue weighted by Crippen LogP contribution is -2.44. The topological polar surface area (TPSA) is 64.3 Å². The minimum Gasteiger partial charge on any atom is -0.492 e. The number of rotatable bonds is 7.